The van der Waals surface area contributed by atoms with E-state index in [-0.39, 0.29) is 12.6 Å². The number of esters is 1. The maximum Gasteiger partial charge on any atom is 0.349 e. The van der Waals surface area contributed by atoms with Crippen LogP contribution in [-0.4, -0.2) is 24.0 Å². The molecule has 0 aromatic carbocycles. The van der Waals surface area contributed by atoms with E-state index in [0.29, 0.717) is 33.0 Å². The van der Waals surface area contributed by atoms with Crippen LogP contribution in [0.25, 0.3) is 10.2 Å². The molecule has 19 heavy (non-hydrogen) atoms. The van der Waals surface area contributed by atoms with Crippen LogP contribution < -0.4 is 0 Å². The number of halogens is 1. The lowest BCUT2D eigenvalue weighted by Gasteiger charge is -1.98. The fraction of sp³-hybridized carbons (Fsp3) is 0.250. The fourth-order valence-electron chi connectivity index (χ4n) is 1.52. The number of aromatic nitrogens is 1. The van der Waals surface area contributed by atoms with Crippen LogP contribution in [-0.2, 0) is 20.9 Å². The number of hydrogen-bond donors (Lipinski definition) is 0. The maximum atomic E-state index is 11.8. The molecule has 0 N–H and O–H groups in total. The molecule has 2 rings (SSSR count). The van der Waals surface area contributed by atoms with Crippen molar-refractivity contribution >= 4 is 49.9 Å². The Morgan fingerprint density at radius 2 is 2.32 bits per heavy atom. The molecule has 2 heterocycles. The third kappa shape index (κ3) is 2.93. The van der Waals surface area contributed by atoms with Gasteiger partial charge in [0.1, 0.15) is 16.3 Å². The van der Waals surface area contributed by atoms with Gasteiger partial charge in [0.05, 0.1) is 16.8 Å². The second kappa shape index (κ2) is 6.12. The molecule has 0 atom stereocenters. The number of ether oxygens (including phenoxy) is 2. The smallest absolute Gasteiger partial charge is 0.349 e. The molecule has 100 valence electrons. The van der Waals surface area contributed by atoms with Crippen molar-refractivity contribution in [2.24, 2.45) is 0 Å². The van der Waals surface area contributed by atoms with Crippen molar-refractivity contribution in [3.8, 4) is 0 Å². The summed E-state index contributed by atoms with van der Waals surface area (Å²) in [5.74, 6) is -0.372. The zero-order valence-electron chi connectivity index (χ0n) is 10.0. The van der Waals surface area contributed by atoms with Gasteiger partial charge in [-0.25, -0.2) is 9.78 Å². The first-order valence-corrected chi connectivity index (χ1v) is 7.08. The molecule has 0 saturated heterocycles. The molecule has 0 radical (unpaired) electrons. The molecule has 0 bridgehead atoms. The van der Waals surface area contributed by atoms with Gasteiger partial charge in [-0.05, 0) is 35.0 Å². The Morgan fingerprint density at radius 1 is 1.53 bits per heavy atom. The van der Waals surface area contributed by atoms with Gasteiger partial charge in [-0.3, -0.25) is 4.79 Å². The van der Waals surface area contributed by atoms with E-state index in [1.165, 1.54) is 11.3 Å². The SMILES string of the molecule is CCOC(=O)c1sc2nc(COC=O)ccc2c1Br. The van der Waals surface area contributed by atoms with Crippen molar-refractivity contribution in [2.45, 2.75) is 13.5 Å². The molecule has 0 saturated carbocycles. The minimum atomic E-state index is -0.372. The van der Waals surface area contributed by atoms with Gasteiger partial charge in [0.25, 0.3) is 6.47 Å². The van der Waals surface area contributed by atoms with Crippen molar-refractivity contribution in [3.63, 3.8) is 0 Å². The normalized spacial score (nSPS) is 10.4. The molecule has 0 fully saturated rings. The summed E-state index contributed by atoms with van der Waals surface area (Å²) in [5.41, 5.74) is 0.628. The lowest BCUT2D eigenvalue weighted by molar-refractivity contribution is -0.129. The van der Waals surface area contributed by atoms with Crippen molar-refractivity contribution in [1.82, 2.24) is 4.98 Å². The van der Waals surface area contributed by atoms with Crippen LogP contribution in [0.2, 0.25) is 0 Å². The highest BCUT2D eigenvalue weighted by Crippen LogP contribution is 2.35. The average Bonchev–Trinajstić information content (AvgIpc) is 2.74. The van der Waals surface area contributed by atoms with Crippen molar-refractivity contribution in [2.75, 3.05) is 6.61 Å². The van der Waals surface area contributed by atoms with E-state index in [2.05, 4.69) is 25.7 Å². The zero-order valence-corrected chi connectivity index (χ0v) is 12.4. The molecular weight excluding hydrogens is 334 g/mol. The molecule has 2 aromatic rings. The predicted molar refractivity (Wildman–Crippen MR) is 74.1 cm³/mol. The third-order valence-corrected chi connectivity index (χ3v) is 4.48. The number of carbonyl (C=O) groups is 2. The van der Waals surface area contributed by atoms with Gasteiger partial charge in [-0.2, -0.15) is 0 Å². The van der Waals surface area contributed by atoms with E-state index >= 15 is 0 Å². The van der Waals surface area contributed by atoms with Crippen LogP contribution in [0.15, 0.2) is 16.6 Å². The number of rotatable bonds is 5. The Balaban J connectivity index is 2.39. The van der Waals surface area contributed by atoms with Gasteiger partial charge in [0.2, 0.25) is 0 Å². The number of nitrogens with zero attached hydrogens (tertiary/aromatic N) is 1. The average molecular weight is 344 g/mol. The topological polar surface area (TPSA) is 65.5 Å². The molecular formula is C12H10BrNO4S. The van der Waals surface area contributed by atoms with Crippen molar-refractivity contribution in [3.05, 3.63) is 27.2 Å². The summed E-state index contributed by atoms with van der Waals surface area (Å²) in [6, 6.07) is 3.58. The summed E-state index contributed by atoms with van der Waals surface area (Å²) < 4.78 is 10.3. The first-order chi connectivity index (χ1) is 9.17. The molecule has 0 aliphatic carbocycles. The van der Waals surface area contributed by atoms with Gasteiger partial charge >= 0.3 is 5.97 Å². The monoisotopic (exact) mass is 343 g/mol. The number of pyridine rings is 1. The first-order valence-electron chi connectivity index (χ1n) is 5.47. The van der Waals surface area contributed by atoms with Crippen LogP contribution in [0.3, 0.4) is 0 Å². The van der Waals surface area contributed by atoms with Gasteiger partial charge in [-0.15, -0.1) is 11.3 Å². The molecule has 7 heteroatoms. The third-order valence-electron chi connectivity index (χ3n) is 2.31. The zero-order chi connectivity index (χ0) is 13.8. The Kier molecular flexibility index (Phi) is 4.49. The van der Waals surface area contributed by atoms with Crippen molar-refractivity contribution < 1.29 is 19.1 Å². The largest absolute Gasteiger partial charge is 0.462 e. The minimum Gasteiger partial charge on any atom is -0.462 e. The second-order valence-corrected chi connectivity index (χ2v) is 5.32. The van der Waals surface area contributed by atoms with E-state index in [0.717, 1.165) is 5.39 Å². The Labute approximate surface area is 121 Å². The van der Waals surface area contributed by atoms with E-state index < -0.39 is 0 Å². The molecule has 2 aromatic heterocycles. The lowest BCUT2D eigenvalue weighted by Crippen LogP contribution is -2.02. The molecule has 0 aliphatic rings. The van der Waals surface area contributed by atoms with Crippen LogP contribution in [0, 0.1) is 0 Å². The van der Waals surface area contributed by atoms with E-state index in [1.807, 2.05) is 6.07 Å². The van der Waals surface area contributed by atoms with Gasteiger partial charge in [-0.1, -0.05) is 0 Å². The lowest BCUT2D eigenvalue weighted by atomic mass is 10.3. The fourth-order valence-corrected chi connectivity index (χ4v) is 3.35. The highest BCUT2D eigenvalue weighted by atomic mass is 79.9. The first kappa shape index (κ1) is 14.0. The molecule has 5 nitrogen and oxygen atoms in total. The summed E-state index contributed by atoms with van der Waals surface area (Å²) in [6.07, 6.45) is 0. The second-order valence-electron chi connectivity index (χ2n) is 3.53. The van der Waals surface area contributed by atoms with E-state index in [9.17, 15) is 9.59 Å². The number of hydrogen-bond acceptors (Lipinski definition) is 6. The van der Waals surface area contributed by atoms with Gasteiger partial charge < -0.3 is 9.47 Å². The molecule has 0 aliphatic heterocycles. The molecule has 0 unspecified atom stereocenters. The summed E-state index contributed by atoms with van der Waals surface area (Å²) in [7, 11) is 0. The number of thiophene rings is 1. The summed E-state index contributed by atoms with van der Waals surface area (Å²) in [5, 5.41) is 0.836. The Bertz CT molecular complexity index is 625. The highest BCUT2D eigenvalue weighted by molar-refractivity contribution is 9.10. The molecule has 0 spiro atoms. The Morgan fingerprint density at radius 3 is 3.00 bits per heavy atom. The highest BCUT2D eigenvalue weighted by Gasteiger charge is 2.18. The maximum absolute atomic E-state index is 11.8. The van der Waals surface area contributed by atoms with Crippen LogP contribution >= 0.6 is 27.3 Å². The minimum absolute atomic E-state index is 0.115. The van der Waals surface area contributed by atoms with Crippen LogP contribution in [0.4, 0.5) is 0 Å². The Hall–Kier alpha value is -1.47. The van der Waals surface area contributed by atoms with Gasteiger partial charge in [0, 0.05) is 5.39 Å². The summed E-state index contributed by atoms with van der Waals surface area (Å²) in [6.45, 7) is 2.57. The predicted octanol–water partition coefficient (Wildman–Crippen LogP) is 2.91. The van der Waals surface area contributed by atoms with Crippen molar-refractivity contribution in [1.29, 1.82) is 0 Å². The number of fused-ring (bicyclic) bond motifs is 1. The quantitative estimate of drug-likeness (QED) is 0.616. The van der Waals surface area contributed by atoms with Crippen LogP contribution in [0.5, 0.6) is 0 Å². The van der Waals surface area contributed by atoms with Gasteiger partial charge in [0.15, 0.2) is 0 Å². The summed E-state index contributed by atoms with van der Waals surface area (Å²) >= 11 is 4.62. The van der Waals surface area contributed by atoms with E-state index in [1.54, 1.807) is 13.0 Å². The number of carbonyl (C=O) groups excluding carboxylic acids is 2. The van der Waals surface area contributed by atoms with Crippen LogP contribution in [0.1, 0.15) is 22.3 Å². The standard InChI is InChI=1S/C12H10BrNO4S/c1-2-18-12(16)10-9(13)8-4-3-7(5-17-6-15)14-11(8)19-10/h3-4,6H,2,5H2,1H3. The molecule has 0 amide bonds. The van der Waals surface area contributed by atoms with E-state index in [4.69, 9.17) is 4.74 Å². The summed E-state index contributed by atoms with van der Waals surface area (Å²) in [4.78, 5) is 27.4.